The number of furan rings is 2. The molecule has 0 fully saturated rings. The summed E-state index contributed by atoms with van der Waals surface area (Å²) in [6.45, 7) is 13.6. The number of nitrogens with zero attached hydrogens (tertiary/aromatic N) is 2. The van der Waals surface area contributed by atoms with Gasteiger partial charge in [0, 0.05) is 43.7 Å². The number of para-hydroxylation sites is 4. The van der Waals surface area contributed by atoms with Gasteiger partial charge in [-0.15, -0.1) is 0 Å². The average Bonchev–Trinajstić information content (AvgIpc) is 3.89. The van der Waals surface area contributed by atoms with Crippen LogP contribution in [0.4, 0.5) is 34.1 Å². The summed E-state index contributed by atoms with van der Waals surface area (Å²) in [6.07, 6.45) is 0. The van der Waals surface area contributed by atoms with Crippen LogP contribution in [0, 0.1) is 0 Å². The Morgan fingerprint density at radius 2 is 0.688 bits per heavy atom. The van der Waals surface area contributed by atoms with Crippen molar-refractivity contribution in [2.24, 2.45) is 0 Å². The molecule has 0 saturated carbocycles. The van der Waals surface area contributed by atoms with E-state index < -0.39 is 0 Å². The molecule has 0 saturated heterocycles. The Hall–Kier alpha value is -7.56. The first-order valence-electron chi connectivity index (χ1n) is 22.3. The number of anilines is 6. The molecule has 310 valence electrons. The molecule has 2 aromatic heterocycles. The van der Waals surface area contributed by atoms with Gasteiger partial charge in [0.2, 0.25) is 0 Å². The fourth-order valence-electron chi connectivity index (χ4n) is 10.0. The molecule has 2 heterocycles. The van der Waals surface area contributed by atoms with Crippen molar-refractivity contribution in [1.29, 1.82) is 0 Å². The summed E-state index contributed by atoms with van der Waals surface area (Å²) in [5.74, 6) is 0. The molecular formula is C60H48N2O2. The molecule has 64 heavy (non-hydrogen) atoms. The first-order valence-corrected chi connectivity index (χ1v) is 22.3. The molecule has 0 spiro atoms. The molecule has 10 aromatic carbocycles. The molecule has 12 aromatic rings. The van der Waals surface area contributed by atoms with Gasteiger partial charge in [-0.2, -0.15) is 0 Å². The SMILES string of the molecule is CC(C)(C)c1ccc(N(c2ccc3ccc4c(N(c5ccc(C(C)(C)C)cc5)c5cccc6c5oc5ccccc56)ccc5ccc2c3c54)c2cccc3c2oc2ccccc23)cc1. The maximum atomic E-state index is 6.76. The van der Waals surface area contributed by atoms with Gasteiger partial charge in [0.15, 0.2) is 11.2 Å². The van der Waals surface area contributed by atoms with Crippen molar-refractivity contribution in [1.82, 2.24) is 0 Å². The summed E-state index contributed by atoms with van der Waals surface area (Å²) in [6, 6.07) is 66.2. The van der Waals surface area contributed by atoms with Crippen LogP contribution in [0.5, 0.6) is 0 Å². The van der Waals surface area contributed by atoms with Crippen LogP contribution in [0.3, 0.4) is 0 Å². The molecule has 0 N–H and O–H groups in total. The van der Waals surface area contributed by atoms with Crippen LogP contribution in [-0.4, -0.2) is 0 Å². The van der Waals surface area contributed by atoms with Gasteiger partial charge in [0.05, 0.1) is 22.7 Å². The molecule has 0 amide bonds. The molecule has 0 aliphatic carbocycles. The molecule has 0 unspecified atom stereocenters. The van der Waals surface area contributed by atoms with Gasteiger partial charge in [0.25, 0.3) is 0 Å². The van der Waals surface area contributed by atoms with E-state index in [1.54, 1.807) is 0 Å². The Morgan fingerprint density at radius 3 is 1.09 bits per heavy atom. The summed E-state index contributed by atoms with van der Waals surface area (Å²) in [7, 11) is 0. The lowest BCUT2D eigenvalue weighted by Gasteiger charge is -2.30. The van der Waals surface area contributed by atoms with Crippen molar-refractivity contribution in [3.8, 4) is 0 Å². The van der Waals surface area contributed by atoms with Gasteiger partial charge in [-0.3, -0.25) is 0 Å². The monoisotopic (exact) mass is 828 g/mol. The second-order valence-corrected chi connectivity index (χ2v) is 19.4. The fraction of sp³-hybridized carbons (Fsp3) is 0.133. The van der Waals surface area contributed by atoms with E-state index in [1.165, 1.54) is 43.4 Å². The van der Waals surface area contributed by atoms with Gasteiger partial charge >= 0.3 is 0 Å². The first-order chi connectivity index (χ1) is 31.0. The van der Waals surface area contributed by atoms with Crippen molar-refractivity contribution in [3.63, 3.8) is 0 Å². The van der Waals surface area contributed by atoms with E-state index in [-0.39, 0.29) is 10.8 Å². The van der Waals surface area contributed by atoms with Crippen LogP contribution in [-0.2, 0) is 10.8 Å². The van der Waals surface area contributed by atoms with Crippen LogP contribution in [0.25, 0.3) is 76.2 Å². The lowest BCUT2D eigenvalue weighted by molar-refractivity contribution is 0.590. The van der Waals surface area contributed by atoms with Gasteiger partial charge in [-0.1, -0.05) is 163 Å². The number of rotatable bonds is 6. The maximum Gasteiger partial charge on any atom is 0.159 e. The van der Waals surface area contributed by atoms with Crippen molar-refractivity contribution >= 4 is 110 Å². The van der Waals surface area contributed by atoms with Gasteiger partial charge in [-0.05, 0) is 104 Å². The zero-order valence-corrected chi connectivity index (χ0v) is 37.0. The van der Waals surface area contributed by atoms with Gasteiger partial charge in [0.1, 0.15) is 11.2 Å². The zero-order valence-electron chi connectivity index (χ0n) is 37.0. The van der Waals surface area contributed by atoms with Gasteiger partial charge in [-0.25, -0.2) is 0 Å². The molecule has 0 bridgehead atoms. The molecule has 0 atom stereocenters. The Balaban J connectivity index is 1.12. The lowest BCUT2D eigenvalue weighted by Crippen LogP contribution is -2.14. The van der Waals surface area contributed by atoms with E-state index in [0.717, 1.165) is 78.0 Å². The minimum absolute atomic E-state index is 0.0191. The quantitative estimate of drug-likeness (QED) is 0.156. The second-order valence-electron chi connectivity index (χ2n) is 19.4. The van der Waals surface area contributed by atoms with E-state index in [4.69, 9.17) is 8.83 Å². The largest absolute Gasteiger partial charge is 0.454 e. The van der Waals surface area contributed by atoms with E-state index in [0.29, 0.717) is 0 Å². The molecule has 12 rings (SSSR count). The second kappa shape index (κ2) is 14.0. The molecule has 0 aliphatic heterocycles. The predicted octanol–water partition coefficient (Wildman–Crippen LogP) is 17.9. The summed E-state index contributed by atoms with van der Waals surface area (Å²) in [5, 5.41) is 11.6. The predicted molar refractivity (Wildman–Crippen MR) is 271 cm³/mol. The Kier molecular flexibility index (Phi) is 8.33. The molecular weight excluding hydrogens is 781 g/mol. The highest BCUT2D eigenvalue weighted by atomic mass is 16.3. The number of hydrogen-bond acceptors (Lipinski definition) is 4. The average molecular weight is 829 g/mol. The molecule has 4 nitrogen and oxygen atoms in total. The number of fused-ring (bicyclic) bond motifs is 6. The molecule has 4 heteroatoms. The van der Waals surface area contributed by atoms with Crippen LogP contribution < -0.4 is 9.80 Å². The Bertz CT molecular complexity index is 3500. The third-order valence-corrected chi connectivity index (χ3v) is 13.3. The van der Waals surface area contributed by atoms with Gasteiger partial charge < -0.3 is 18.6 Å². The lowest BCUT2D eigenvalue weighted by atomic mass is 9.87. The van der Waals surface area contributed by atoms with Crippen molar-refractivity contribution in [2.45, 2.75) is 52.4 Å². The van der Waals surface area contributed by atoms with E-state index in [9.17, 15) is 0 Å². The van der Waals surface area contributed by atoms with E-state index in [2.05, 4.69) is 221 Å². The number of benzene rings is 10. The Labute approximate surface area is 372 Å². The third-order valence-electron chi connectivity index (χ3n) is 13.3. The van der Waals surface area contributed by atoms with E-state index >= 15 is 0 Å². The van der Waals surface area contributed by atoms with Crippen molar-refractivity contribution in [3.05, 3.63) is 193 Å². The fourth-order valence-corrected chi connectivity index (χ4v) is 10.0. The Morgan fingerprint density at radius 1 is 0.312 bits per heavy atom. The highest BCUT2D eigenvalue weighted by molar-refractivity contribution is 6.28. The van der Waals surface area contributed by atoms with Crippen LogP contribution >= 0.6 is 0 Å². The summed E-state index contributed by atoms with van der Waals surface area (Å²) < 4.78 is 13.5. The molecule has 0 radical (unpaired) electrons. The minimum Gasteiger partial charge on any atom is -0.454 e. The first kappa shape index (κ1) is 38.1. The van der Waals surface area contributed by atoms with E-state index in [1.807, 2.05) is 12.1 Å². The topological polar surface area (TPSA) is 32.8 Å². The summed E-state index contributed by atoms with van der Waals surface area (Å²) >= 11 is 0. The standard InChI is InChI=1S/C60H48N2O2/c1-59(2,3)39-25-29-41(30-26-39)61(51-17-11-15-45-43-13-7-9-19-53(43)63-57(45)51)49-35-23-37-22-34-48-50(36-24-38-21-33-47(49)55(37)56(38)48)62(42-31-27-40(28-32-42)60(4,5)6)52-18-12-16-46-44-14-8-10-20-54(44)64-58(46)52/h7-36H,1-6H3. The smallest absolute Gasteiger partial charge is 0.159 e. The van der Waals surface area contributed by atoms with Crippen LogP contribution in [0.1, 0.15) is 52.7 Å². The van der Waals surface area contributed by atoms with Crippen molar-refractivity contribution < 1.29 is 8.83 Å². The van der Waals surface area contributed by atoms with Crippen LogP contribution in [0.15, 0.2) is 191 Å². The van der Waals surface area contributed by atoms with Crippen molar-refractivity contribution in [2.75, 3.05) is 9.80 Å². The highest BCUT2D eigenvalue weighted by Gasteiger charge is 2.26. The molecule has 0 aliphatic rings. The van der Waals surface area contributed by atoms with Crippen LogP contribution in [0.2, 0.25) is 0 Å². The summed E-state index contributed by atoms with van der Waals surface area (Å²) in [5.41, 5.74) is 12.4. The maximum absolute atomic E-state index is 6.76. The normalized spacial score (nSPS) is 12.5. The third kappa shape index (κ3) is 5.89. The minimum atomic E-state index is 0.0191. The number of hydrogen-bond donors (Lipinski definition) is 0. The zero-order chi connectivity index (χ0) is 43.5. The summed E-state index contributed by atoms with van der Waals surface area (Å²) in [4.78, 5) is 4.80. The highest BCUT2D eigenvalue weighted by Crippen LogP contribution is 2.50.